The van der Waals surface area contributed by atoms with E-state index in [2.05, 4.69) is 6.92 Å². The Bertz CT molecular complexity index is 1150. The summed E-state index contributed by atoms with van der Waals surface area (Å²) in [5.41, 5.74) is 1.26. The standard InChI is InChI=1S/C29H30F4O2/c1-3-5-18-6-14-24(35-17-18)23-12-11-21(26(30)28(23)32)19-7-9-20(10-8-19)22-13-15-25(34-16-4-2)29(33)27(22)31/h7-13,15,18,24H,3-6,14,16-17H2,1-2H3. The Morgan fingerprint density at radius 2 is 1.37 bits per heavy atom. The SMILES string of the molecule is CCCOc1ccc(-c2ccc(-c3ccc(C4CCC(CCC)CO4)c(F)c3F)cc2)c(F)c1F. The van der Waals surface area contributed by atoms with Gasteiger partial charge in [0.2, 0.25) is 5.82 Å². The molecule has 3 aromatic carbocycles. The zero-order valence-corrected chi connectivity index (χ0v) is 20.1. The quantitative estimate of drug-likeness (QED) is 0.297. The number of halogens is 4. The summed E-state index contributed by atoms with van der Waals surface area (Å²) in [4.78, 5) is 0. The highest BCUT2D eigenvalue weighted by Crippen LogP contribution is 2.37. The summed E-state index contributed by atoms with van der Waals surface area (Å²) in [6.07, 6.45) is 3.98. The number of hydrogen-bond donors (Lipinski definition) is 0. The van der Waals surface area contributed by atoms with Gasteiger partial charge in [0.15, 0.2) is 23.2 Å². The predicted molar refractivity (Wildman–Crippen MR) is 129 cm³/mol. The van der Waals surface area contributed by atoms with Crippen molar-refractivity contribution in [2.75, 3.05) is 13.2 Å². The van der Waals surface area contributed by atoms with Crippen LogP contribution in [-0.2, 0) is 4.74 Å². The topological polar surface area (TPSA) is 18.5 Å². The van der Waals surface area contributed by atoms with Crippen LogP contribution in [0.3, 0.4) is 0 Å². The second-order valence-corrected chi connectivity index (χ2v) is 9.05. The van der Waals surface area contributed by atoms with E-state index in [1.165, 1.54) is 12.1 Å². The Balaban J connectivity index is 1.54. The number of ether oxygens (including phenoxy) is 2. The largest absolute Gasteiger partial charge is 0.490 e. The normalized spacial score (nSPS) is 18.0. The first-order valence-electron chi connectivity index (χ1n) is 12.3. The Labute approximate surface area is 203 Å². The maximum Gasteiger partial charge on any atom is 0.201 e. The Kier molecular flexibility index (Phi) is 8.11. The minimum absolute atomic E-state index is 0.0655. The van der Waals surface area contributed by atoms with Crippen molar-refractivity contribution in [2.45, 2.75) is 52.1 Å². The molecule has 35 heavy (non-hydrogen) atoms. The third-order valence-corrected chi connectivity index (χ3v) is 6.54. The molecule has 0 aliphatic carbocycles. The van der Waals surface area contributed by atoms with E-state index >= 15 is 4.39 Å². The van der Waals surface area contributed by atoms with E-state index in [0.717, 1.165) is 19.3 Å². The van der Waals surface area contributed by atoms with Gasteiger partial charge < -0.3 is 9.47 Å². The molecule has 1 fully saturated rings. The first-order chi connectivity index (χ1) is 16.9. The van der Waals surface area contributed by atoms with Crippen LogP contribution in [0.25, 0.3) is 22.3 Å². The predicted octanol–water partition coefficient (Wildman–Crippen LogP) is 8.63. The summed E-state index contributed by atoms with van der Waals surface area (Å²) in [7, 11) is 0. The van der Waals surface area contributed by atoms with Crippen molar-refractivity contribution in [1.82, 2.24) is 0 Å². The van der Waals surface area contributed by atoms with Gasteiger partial charge in [0.1, 0.15) is 0 Å². The molecule has 1 heterocycles. The van der Waals surface area contributed by atoms with Gasteiger partial charge in [-0.25, -0.2) is 13.2 Å². The highest BCUT2D eigenvalue weighted by atomic mass is 19.2. The molecule has 0 amide bonds. The third kappa shape index (κ3) is 5.37. The average Bonchev–Trinajstić information content (AvgIpc) is 2.88. The van der Waals surface area contributed by atoms with Crippen LogP contribution in [0, 0.1) is 29.2 Å². The molecule has 4 rings (SSSR count). The van der Waals surface area contributed by atoms with Crippen LogP contribution in [0.15, 0.2) is 48.5 Å². The lowest BCUT2D eigenvalue weighted by Gasteiger charge is -2.29. The van der Waals surface area contributed by atoms with E-state index in [1.807, 2.05) is 6.92 Å². The summed E-state index contributed by atoms with van der Waals surface area (Å²) in [5, 5.41) is 0. The molecule has 0 saturated carbocycles. The molecule has 1 aliphatic rings. The smallest absolute Gasteiger partial charge is 0.201 e. The summed E-state index contributed by atoms with van der Waals surface area (Å²) in [5.74, 6) is -3.56. The van der Waals surface area contributed by atoms with E-state index in [4.69, 9.17) is 9.47 Å². The monoisotopic (exact) mass is 486 g/mol. The molecular weight excluding hydrogens is 456 g/mol. The molecule has 2 unspecified atom stereocenters. The molecule has 0 N–H and O–H groups in total. The lowest BCUT2D eigenvalue weighted by Crippen LogP contribution is -2.21. The summed E-state index contributed by atoms with van der Waals surface area (Å²) in [6.45, 7) is 4.85. The molecule has 3 aromatic rings. The Hall–Kier alpha value is -2.86. The molecule has 2 atom stereocenters. The van der Waals surface area contributed by atoms with Gasteiger partial charge in [-0.2, -0.15) is 4.39 Å². The van der Waals surface area contributed by atoms with E-state index in [-0.39, 0.29) is 29.0 Å². The van der Waals surface area contributed by atoms with E-state index < -0.39 is 29.4 Å². The van der Waals surface area contributed by atoms with Crippen molar-refractivity contribution in [3.63, 3.8) is 0 Å². The summed E-state index contributed by atoms with van der Waals surface area (Å²) < 4.78 is 70.1. The van der Waals surface area contributed by atoms with Gasteiger partial charge in [0.05, 0.1) is 19.3 Å². The zero-order chi connectivity index (χ0) is 24.9. The maximum atomic E-state index is 15.0. The van der Waals surface area contributed by atoms with E-state index in [9.17, 15) is 13.2 Å². The molecule has 0 spiro atoms. The number of rotatable bonds is 8. The van der Waals surface area contributed by atoms with Crippen molar-refractivity contribution in [3.05, 3.63) is 77.4 Å². The minimum Gasteiger partial charge on any atom is -0.490 e. The lowest BCUT2D eigenvalue weighted by molar-refractivity contribution is -0.0214. The first kappa shape index (κ1) is 25.2. The average molecular weight is 487 g/mol. The van der Waals surface area contributed by atoms with Gasteiger partial charge >= 0.3 is 0 Å². The molecular formula is C29H30F4O2. The van der Waals surface area contributed by atoms with Crippen LogP contribution >= 0.6 is 0 Å². The zero-order valence-electron chi connectivity index (χ0n) is 20.1. The van der Waals surface area contributed by atoms with Crippen molar-refractivity contribution in [2.24, 2.45) is 5.92 Å². The van der Waals surface area contributed by atoms with Crippen LogP contribution in [0.2, 0.25) is 0 Å². The highest BCUT2D eigenvalue weighted by Gasteiger charge is 2.27. The summed E-state index contributed by atoms with van der Waals surface area (Å²) >= 11 is 0. The van der Waals surface area contributed by atoms with Crippen LogP contribution in [-0.4, -0.2) is 13.2 Å². The van der Waals surface area contributed by atoms with Gasteiger partial charge in [-0.1, -0.05) is 56.7 Å². The fraction of sp³-hybridized carbons (Fsp3) is 0.379. The van der Waals surface area contributed by atoms with Crippen molar-refractivity contribution >= 4 is 0 Å². The van der Waals surface area contributed by atoms with Crippen molar-refractivity contribution < 1.29 is 27.0 Å². The highest BCUT2D eigenvalue weighted by molar-refractivity contribution is 5.71. The molecule has 2 nitrogen and oxygen atoms in total. The minimum atomic E-state index is -1.05. The molecule has 186 valence electrons. The number of hydrogen-bond acceptors (Lipinski definition) is 2. The first-order valence-corrected chi connectivity index (χ1v) is 12.3. The molecule has 1 saturated heterocycles. The van der Waals surface area contributed by atoms with Crippen LogP contribution in [0.1, 0.15) is 57.6 Å². The second-order valence-electron chi connectivity index (χ2n) is 9.05. The lowest BCUT2D eigenvalue weighted by atomic mass is 9.90. The fourth-order valence-corrected chi connectivity index (χ4v) is 4.63. The summed E-state index contributed by atoms with van der Waals surface area (Å²) in [6, 6.07) is 12.2. The van der Waals surface area contributed by atoms with Gasteiger partial charge in [-0.3, -0.25) is 0 Å². The molecule has 6 heteroatoms. The van der Waals surface area contributed by atoms with Crippen molar-refractivity contribution in [1.29, 1.82) is 0 Å². The third-order valence-electron chi connectivity index (χ3n) is 6.54. The van der Waals surface area contributed by atoms with Crippen LogP contribution < -0.4 is 4.74 Å². The van der Waals surface area contributed by atoms with E-state index in [1.54, 1.807) is 36.4 Å². The van der Waals surface area contributed by atoms with Gasteiger partial charge in [-0.05, 0) is 54.9 Å². The maximum absolute atomic E-state index is 15.0. The van der Waals surface area contributed by atoms with Gasteiger partial charge in [0, 0.05) is 16.7 Å². The second kappa shape index (κ2) is 11.3. The van der Waals surface area contributed by atoms with Gasteiger partial charge in [0.25, 0.3) is 0 Å². The number of benzene rings is 3. The Morgan fingerprint density at radius 3 is 1.94 bits per heavy atom. The molecule has 1 aliphatic heterocycles. The Morgan fingerprint density at radius 1 is 0.743 bits per heavy atom. The van der Waals surface area contributed by atoms with E-state index in [0.29, 0.717) is 36.5 Å². The molecule has 0 bridgehead atoms. The van der Waals surface area contributed by atoms with Gasteiger partial charge in [-0.15, -0.1) is 0 Å². The van der Waals surface area contributed by atoms with Crippen LogP contribution in [0.4, 0.5) is 17.6 Å². The molecule has 0 aromatic heterocycles. The van der Waals surface area contributed by atoms with Crippen LogP contribution in [0.5, 0.6) is 5.75 Å². The fourth-order valence-electron chi connectivity index (χ4n) is 4.63. The molecule has 0 radical (unpaired) electrons. The van der Waals surface area contributed by atoms with Crippen molar-refractivity contribution in [3.8, 4) is 28.0 Å².